The van der Waals surface area contributed by atoms with Crippen LogP contribution in [-0.2, 0) is 6.18 Å². The summed E-state index contributed by atoms with van der Waals surface area (Å²) in [5.74, 6) is 0. The highest BCUT2D eigenvalue weighted by Gasteiger charge is 2.31. The van der Waals surface area contributed by atoms with Gasteiger partial charge >= 0.3 is 6.18 Å². The van der Waals surface area contributed by atoms with E-state index < -0.39 is 17.8 Å². The van der Waals surface area contributed by atoms with Gasteiger partial charge in [-0.1, -0.05) is 6.07 Å². The number of alkyl halides is 3. The van der Waals surface area contributed by atoms with Crippen molar-refractivity contribution in [1.29, 1.82) is 0 Å². The molecule has 0 aromatic heterocycles. The van der Waals surface area contributed by atoms with Crippen LogP contribution in [-0.4, -0.2) is 17.2 Å². The zero-order valence-electron chi connectivity index (χ0n) is 11.6. The molecule has 0 bridgehead atoms. The van der Waals surface area contributed by atoms with Crippen molar-refractivity contribution in [2.24, 2.45) is 0 Å². The van der Waals surface area contributed by atoms with Crippen LogP contribution in [0.4, 0.5) is 13.2 Å². The molecule has 0 saturated carbocycles. The van der Waals surface area contributed by atoms with Crippen molar-refractivity contribution in [2.75, 3.05) is 6.54 Å². The Balaban J connectivity index is 2.85. The Morgan fingerprint density at radius 1 is 1.21 bits per heavy atom. The lowest BCUT2D eigenvalue weighted by Gasteiger charge is -2.24. The number of aliphatic hydroxyl groups is 1. The molecule has 108 valence electrons. The number of halogens is 3. The molecule has 19 heavy (non-hydrogen) atoms. The molecule has 1 aromatic rings. The smallest absolute Gasteiger partial charge is 0.387 e. The molecule has 0 aliphatic rings. The molecule has 0 heterocycles. The van der Waals surface area contributed by atoms with E-state index in [2.05, 4.69) is 5.32 Å². The van der Waals surface area contributed by atoms with E-state index in [1.807, 2.05) is 20.8 Å². The lowest BCUT2D eigenvalue weighted by atomic mass is 9.99. The van der Waals surface area contributed by atoms with Gasteiger partial charge in [-0.25, -0.2) is 0 Å². The molecular weight excluding hydrogens is 255 g/mol. The van der Waals surface area contributed by atoms with Gasteiger partial charge < -0.3 is 10.4 Å². The molecule has 0 radical (unpaired) electrons. The molecule has 2 nitrogen and oxygen atoms in total. The molecule has 0 aliphatic heterocycles. The van der Waals surface area contributed by atoms with Crippen LogP contribution >= 0.6 is 0 Å². The minimum Gasteiger partial charge on any atom is -0.387 e. The minimum absolute atomic E-state index is 0.152. The second-order valence-electron chi connectivity index (χ2n) is 5.72. The third-order valence-electron chi connectivity index (χ3n) is 2.78. The van der Waals surface area contributed by atoms with E-state index in [0.717, 1.165) is 12.1 Å². The highest BCUT2D eigenvalue weighted by Crippen LogP contribution is 2.31. The number of hydrogen-bond donors (Lipinski definition) is 2. The topological polar surface area (TPSA) is 32.3 Å². The largest absolute Gasteiger partial charge is 0.416 e. The lowest BCUT2D eigenvalue weighted by molar-refractivity contribution is -0.137. The molecule has 1 rings (SSSR count). The maximum atomic E-state index is 12.5. The number of aliphatic hydroxyl groups excluding tert-OH is 1. The summed E-state index contributed by atoms with van der Waals surface area (Å²) in [6.45, 7) is 7.75. The normalized spacial score (nSPS) is 14.5. The van der Waals surface area contributed by atoms with Gasteiger partial charge in [-0.3, -0.25) is 0 Å². The van der Waals surface area contributed by atoms with Gasteiger partial charge in [0.05, 0.1) is 11.7 Å². The molecule has 0 fully saturated rings. The van der Waals surface area contributed by atoms with Gasteiger partial charge in [-0.05, 0) is 51.0 Å². The number of hydrogen-bond acceptors (Lipinski definition) is 2. The van der Waals surface area contributed by atoms with Crippen LogP contribution in [0.25, 0.3) is 0 Å². The van der Waals surface area contributed by atoms with E-state index in [-0.39, 0.29) is 5.54 Å². The number of β-amino-alcohol motifs (C(OH)–C–C–N with tert-alkyl or cyclic N) is 1. The summed E-state index contributed by atoms with van der Waals surface area (Å²) in [6, 6.07) is 3.41. The number of nitrogens with one attached hydrogen (secondary N) is 1. The Morgan fingerprint density at radius 3 is 2.21 bits per heavy atom. The maximum Gasteiger partial charge on any atom is 0.416 e. The molecule has 1 aromatic carbocycles. The third-order valence-corrected chi connectivity index (χ3v) is 2.78. The van der Waals surface area contributed by atoms with Crippen LogP contribution in [0, 0.1) is 6.92 Å². The van der Waals surface area contributed by atoms with E-state index in [9.17, 15) is 18.3 Å². The third kappa shape index (κ3) is 4.84. The molecule has 0 amide bonds. The van der Waals surface area contributed by atoms with Gasteiger partial charge in [-0.15, -0.1) is 0 Å². The Hall–Kier alpha value is -1.07. The summed E-state index contributed by atoms with van der Waals surface area (Å²) >= 11 is 0. The predicted octanol–water partition coefficient (Wildman–Crippen LogP) is 3.44. The second kappa shape index (κ2) is 5.51. The molecule has 0 saturated heterocycles. The quantitative estimate of drug-likeness (QED) is 0.885. The number of aryl methyl sites for hydroxylation is 1. The number of rotatable bonds is 3. The summed E-state index contributed by atoms with van der Waals surface area (Å²) < 4.78 is 37.6. The van der Waals surface area contributed by atoms with E-state index in [1.165, 1.54) is 6.07 Å². The Bertz CT molecular complexity index is 435. The minimum atomic E-state index is -4.35. The standard InChI is InChI=1S/C14H20F3NO/c1-9-7-10(14(15,16)17)5-6-11(9)12(19)8-18-13(2,3)4/h5-7,12,18-19H,8H2,1-4H3. The summed E-state index contributed by atoms with van der Waals surface area (Å²) in [5.41, 5.74) is 0.119. The van der Waals surface area contributed by atoms with Crippen LogP contribution in [0.15, 0.2) is 18.2 Å². The van der Waals surface area contributed by atoms with Crippen molar-refractivity contribution in [3.8, 4) is 0 Å². The SMILES string of the molecule is Cc1cc(C(F)(F)F)ccc1C(O)CNC(C)(C)C. The molecule has 5 heteroatoms. The average molecular weight is 275 g/mol. The van der Waals surface area contributed by atoms with Crippen LogP contribution in [0.1, 0.15) is 43.6 Å². The summed E-state index contributed by atoms with van der Waals surface area (Å²) in [4.78, 5) is 0. The first kappa shape index (κ1) is 16.0. The predicted molar refractivity (Wildman–Crippen MR) is 68.9 cm³/mol. The van der Waals surface area contributed by atoms with Crippen LogP contribution in [0.5, 0.6) is 0 Å². The van der Waals surface area contributed by atoms with Gasteiger partial charge in [0, 0.05) is 12.1 Å². The Morgan fingerprint density at radius 2 is 1.79 bits per heavy atom. The van der Waals surface area contributed by atoms with Crippen molar-refractivity contribution >= 4 is 0 Å². The van der Waals surface area contributed by atoms with Crippen LogP contribution in [0.3, 0.4) is 0 Å². The zero-order chi connectivity index (χ0) is 14.8. The molecular formula is C14H20F3NO. The molecule has 0 spiro atoms. The number of benzene rings is 1. The fourth-order valence-corrected chi connectivity index (χ4v) is 1.74. The maximum absolute atomic E-state index is 12.5. The fourth-order valence-electron chi connectivity index (χ4n) is 1.74. The van der Waals surface area contributed by atoms with Crippen molar-refractivity contribution in [1.82, 2.24) is 5.32 Å². The monoisotopic (exact) mass is 275 g/mol. The Kier molecular flexibility index (Phi) is 4.63. The highest BCUT2D eigenvalue weighted by atomic mass is 19.4. The van der Waals surface area contributed by atoms with Crippen molar-refractivity contribution in [2.45, 2.75) is 45.5 Å². The first-order valence-electron chi connectivity index (χ1n) is 6.11. The van der Waals surface area contributed by atoms with E-state index in [0.29, 0.717) is 17.7 Å². The van der Waals surface area contributed by atoms with Crippen LogP contribution in [0.2, 0.25) is 0 Å². The van der Waals surface area contributed by atoms with Gasteiger partial charge in [0.25, 0.3) is 0 Å². The molecule has 1 atom stereocenters. The van der Waals surface area contributed by atoms with Crippen molar-refractivity contribution in [3.63, 3.8) is 0 Å². The fraction of sp³-hybridized carbons (Fsp3) is 0.571. The van der Waals surface area contributed by atoms with Gasteiger partial charge in [-0.2, -0.15) is 13.2 Å². The first-order valence-corrected chi connectivity index (χ1v) is 6.11. The van der Waals surface area contributed by atoms with E-state index in [4.69, 9.17) is 0 Å². The van der Waals surface area contributed by atoms with Crippen molar-refractivity contribution < 1.29 is 18.3 Å². The van der Waals surface area contributed by atoms with Crippen LogP contribution < -0.4 is 5.32 Å². The average Bonchev–Trinajstić information content (AvgIpc) is 2.23. The summed E-state index contributed by atoms with van der Waals surface area (Å²) in [7, 11) is 0. The van der Waals surface area contributed by atoms with Gasteiger partial charge in [0.1, 0.15) is 0 Å². The first-order chi connectivity index (χ1) is 8.50. The summed E-state index contributed by atoms with van der Waals surface area (Å²) in [5, 5.41) is 13.1. The van der Waals surface area contributed by atoms with Gasteiger partial charge in [0.2, 0.25) is 0 Å². The molecule has 2 N–H and O–H groups in total. The summed E-state index contributed by atoms with van der Waals surface area (Å²) in [6.07, 6.45) is -5.17. The van der Waals surface area contributed by atoms with Gasteiger partial charge in [0.15, 0.2) is 0 Å². The van der Waals surface area contributed by atoms with E-state index >= 15 is 0 Å². The van der Waals surface area contributed by atoms with E-state index in [1.54, 1.807) is 6.92 Å². The second-order valence-corrected chi connectivity index (χ2v) is 5.72. The van der Waals surface area contributed by atoms with Crippen molar-refractivity contribution in [3.05, 3.63) is 34.9 Å². The molecule has 1 unspecified atom stereocenters. The molecule has 0 aliphatic carbocycles. The zero-order valence-corrected chi connectivity index (χ0v) is 11.6. The highest BCUT2D eigenvalue weighted by molar-refractivity contribution is 5.34. The Labute approximate surface area is 111 Å². The lowest BCUT2D eigenvalue weighted by Crippen LogP contribution is -2.38.